The lowest BCUT2D eigenvalue weighted by atomic mass is 9.44. The predicted molar refractivity (Wildman–Crippen MR) is 96.8 cm³/mol. The first-order chi connectivity index (χ1) is 11.7. The zero-order valence-corrected chi connectivity index (χ0v) is 16.0. The third-order valence-corrected chi connectivity index (χ3v) is 8.88. The van der Waals surface area contributed by atoms with Crippen molar-refractivity contribution in [3.8, 4) is 0 Å². The number of rotatable bonds is 1. The molecule has 0 saturated heterocycles. The number of fused-ring (bicyclic) bond motifs is 5. The van der Waals surface area contributed by atoms with Gasteiger partial charge in [-0.15, -0.1) is 0 Å². The van der Waals surface area contributed by atoms with Gasteiger partial charge in [0.1, 0.15) is 5.78 Å². The average molecular weight is 344 g/mol. The van der Waals surface area contributed by atoms with Gasteiger partial charge >= 0.3 is 0 Å². The smallest absolute Gasteiger partial charge is 0.158 e. The van der Waals surface area contributed by atoms with Gasteiger partial charge in [0.25, 0.3) is 0 Å². The van der Waals surface area contributed by atoms with E-state index in [1.807, 2.05) is 6.08 Å². The molecular weight excluding hydrogens is 312 g/mol. The van der Waals surface area contributed by atoms with Crippen LogP contribution in [0.4, 0.5) is 0 Å². The highest BCUT2D eigenvalue weighted by atomic mass is 16.3. The Kier molecular flexibility index (Phi) is 3.85. The number of hydrogen-bond donors (Lipinski definition) is 1. The zero-order valence-electron chi connectivity index (χ0n) is 16.0. The molecule has 8 atom stereocenters. The third-order valence-electron chi connectivity index (χ3n) is 8.88. The molecule has 138 valence electrons. The molecule has 3 fully saturated rings. The van der Waals surface area contributed by atoms with E-state index >= 15 is 0 Å². The number of aliphatic hydroxyl groups excluding tert-OH is 1. The van der Waals surface area contributed by atoms with Gasteiger partial charge in [0.15, 0.2) is 5.78 Å². The molecule has 1 N–H and O–H groups in total. The van der Waals surface area contributed by atoms with Crippen LogP contribution in [0.25, 0.3) is 0 Å². The van der Waals surface area contributed by atoms with Crippen molar-refractivity contribution in [3.63, 3.8) is 0 Å². The van der Waals surface area contributed by atoms with E-state index in [-0.39, 0.29) is 29.0 Å². The van der Waals surface area contributed by atoms with Crippen molar-refractivity contribution in [2.45, 2.75) is 72.3 Å². The highest BCUT2D eigenvalue weighted by molar-refractivity contribution is 5.92. The Hall–Kier alpha value is -0.960. The number of carbonyl (C=O) groups is 2. The summed E-state index contributed by atoms with van der Waals surface area (Å²) in [5.74, 6) is 2.63. The van der Waals surface area contributed by atoms with Gasteiger partial charge in [0.2, 0.25) is 0 Å². The van der Waals surface area contributed by atoms with Gasteiger partial charge in [-0.25, -0.2) is 0 Å². The van der Waals surface area contributed by atoms with Crippen LogP contribution in [0, 0.1) is 40.4 Å². The number of Topliss-reactive ketones (excluding diaryl/α,β-unsaturated/α-hetero) is 1. The second-order valence-corrected chi connectivity index (χ2v) is 9.87. The summed E-state index contributed by atoms with van der Waals surface area (Å²) in [5, 5.41) is 10.9. The molecule has 0 aromatic heterocycles. The first-order valence-electron chi connectivity index (χ1n) is 10.1. The Morgan fingerprint density at radius 2 is 1.92 bits per heavy atom. The highest BCUT2D eigenvalue weighted by Gasteiger charge is 2.62. The van der Waals surface area contributed by atoms with Crippen molar-refractivity contribution < 1.29 is 14.7 Å². The molecule has 4 aliphatic carbocycles. The molecule has 0 aliphatic heterocycles. The Morgan fingerprint density at radius 3 is 2.60 bits per heavy atom. The van der Waals surface area contributed by atoms with Crippen LogP contribution in [0.2, 0.25) is 0 Å². The topological polar surface area (TPSA) is 54.4 Å². The largest absolute Gasteiger partial charge is 0.392 e. The maximum Gasteiger partial charge on any atom is 0.158 e. The van der Waals surface area contributed by atoms with E-state index in [2.05, 4.69) is 20.8 Å². The van der Waals surface area contributed by atoms with Crippen molar-refractivity contribution >= 4 is 11.6 Å². The Bertz CT molecular complexity index is 650. The number of hydrogen-bond acceptors (Lipinski definition) is 3. The summed E-state index contributed by atoms with van der Waals surface area (Å²) in [6, 6.07) is 0. The lowest BCUT2D eigenvalue weighted by Gasteiger charge is -2.60. The lowest BCUT2D eigenvalue weighted by Crippen LogP contribution is -2.57. The molecule has 0 radical (unpaired) electrons. The fourth-order valence-corrected chi connectivity index (χ4v) is 7.68. The number of ketones is 2. The zero-order chi connectivity index (χ0) is 18.1. The molecule has 4 aliphatic rings. The van der Waals surface area contributed by atoms with Gasteiger partial charge in [-0.2, -0.15) is 0 Å². The monoisotopic (exact) mass is 344 g/mol. The molecule has 0 bridgehead atoms. The summed E-state index contributed by atoms with van der Waals surface area (Å²) in [5.41, 5.74) is 1.08. The molecular formula is C22H32O3. The van der Waals surface area contributed by atoms with Crippen LogP contribution in [0.5, 0.6) is 0 Å². The molecule has 3 heteroatoms. The first kappa shape index (κ1) is 17.5. The quantitative estimate of drug-likeness (QED) is 0.784. The Morgan fingerprint density at radius 1 is 1.20 bits per heavy atom. The maximum atomic E-state index is 12.2. The summed E-state index contributed by atoms with van der Waals surface area (Å²) in [6.07, 6.45) is 7.03. The second-order valence-electron chi connectivity index (χ2n) is 9.87. The normalized spacial score (nSPS) is 52.0. The highest BCUT2D eigenvalue weighted by Crippen LogP contribution is 2.67. The maximum absolute atomic E-state index is 12.2. The summed E-state index contributed by atoms with van der Waals surface area (Å²) in [6.45, 7) is 8.57. The lowest BCUT2D eigenvalue weighted by molar-refractivity contribution is -0.136. The molecule has 0 aromatic rings. The number of carbonyl (C=O) groups excluding carboxylic acids is 2. The van der Waals surface area contributed by atoms with Crippen LogP contribution in [0.3, 0.4) is 0 Å². The second kappa shape index (κ2) is 5.52. The van der Waals surface area contributed by atoms with Crippen LogP contribution >= 0.6 is 0 Å². The molecule has 3 nitrogen and oxygen atoms in total. The van der Waals surface area contributed by atoms with Crippen molar-refractivity contribution in [3.05, 3.63) is 11.6 Å². The Balaban J connectivity index is 1.74. The van der Waals surface area contributed by atoms with E-state index < -0.39 is 6.10 Å². The van der Waals surface area contributed by atoms with Crippen molar-refractivity contribution in [1.29, 1.82) is 0 Å². The fraction of sp³-hybridized carbons (Fsp3) is 0.818. The molecule has 0 spiro atoms. The van der Waals surface area contributed by atoms with E-state index in [0.29, 0.717) is 29.5 Å². The molecule has 25 heavy (non-hydrogen) atoms. The number of aliphatic hydroxyl groups is 1. The van der Waals surface area contributed by atoms with Crippen molar-refractivity contribution in [1.82, 2.24) is 0 Å². The molecule has 0 heterocycles. The summed E-state index contributed by atoms with van der Waals surface area (Å²) < 4.78 is 0. The van der Waals surface area contributed by atoms with E-state index in [1.165, 1.54) is 5.57 Å². The molecule has 0 aromatic carbocycles. The van der Waals surface area contributed by atoms with Gasteiger partial charge in [-0.05, 0) is 74.2 Å². The van der Waals surface area contributed by atoms with Gasteiger partial charge in [0, 0.05) is 17.8 Å². The Labute approximate surface area is 151 Å². The van der Waals surface area contributed by atoms with E-state index in [4.69, 9.17) is 0 Å². The standard InChI is InChI=1S/C22H32O3/c1-12-9-15-17-6-5-16(13(2)23)21(17,3)8-7-18(15)22(4)19(12)10-14(24)11-20(22)25/h10,12,15-18,20,25H,5-9,11H2,1-4H3/t12-,15-,16+,17-,18-,20?,21+,22+/m0/s1. The molecule has 3 saturated carbocycles. The van der Waals surface area contributed by atoms with E-state index in [0.717, 1.165) is 32.1 Å². The van der Waals surface area contributed by atoms with Crippen LogP contribution in [-0.4, -0.2) is 22.8 Å². The van der Waals surface area contributed by atoms with Crippen LogP contribution in [0.15, 0.2) is 11.6 Å². The summed E-state index contributed by atoms with van der Waals surface area (Å²) in [4.78, 5) is 24.3. The minimum absolute atomic E-state index is 0.0865. The predicted octanol–water partition coefficient (Wildman–Crippen LogP) is 3.94. The van der Waals surface area contributed by atoms with E-state index in [9.17, 15) is 14.7 Å². The van der Waals surface area contributed by atoms with Crippen LogP contribution < -0.4 is 0 Å². The van der Waals surface area contributed by atoms with Crippen LogP contribution in [0.1, 0.15) is 66.2 Å². The molecule has 1 unspecified atom stereocenters. The minimum Gasteiger partial charge on any atom is -0.392 e. The molecule has 4 rings (SSSR count). The van der Waals surface area contributed by atoms with Gasteiger partial charge in [-0.1, -0.05) is 26.3 Å². The SMILES string of the molecule is CC(=O)[C@H]1CC[C@H]2[C@@H]3C[C@H](C)C4=CC(=O)CC(O)[C@]4(C)[C@H]3CC[C@]12C. The van der Waals surface area contributed by atoms with Crippen molar-refractivity contribution in [2.24, 2.45) is 40.4 Å². The van der Waals surface area contributed by atoms with Gasteiger partial charge in [-0.3, -0.25) is 9.59 Å². The van der Waals surface area contributed by atoms with Crippen molar-refractivity contribution in [2.75, 3.05) is 0 Å². The molecule has 0 amide bonds. The van der Waals surface area contributed by atoms with Gasteiger partial charge in [0.05, 0.1) is 6.10 Å². The fourth-order valence-electron chi connectivity index (χ4n) is 7.68. The van der Waals surface area contributed by atoms with Gasteiger partial charge < -0.3 is 5.11 Å². The van der Waals surface area contributed by atoms with Crippen LogP contribution in [-0.2, 0) is 9.59 Å². The summed E-state index contributed by atoms with van der Waals surface area (Å²) >= 11 is 0. The first-order valence-corrected chi connectivity index (χ1v) is 10.1. The average Bonchev–Trinajstić information content (AvgIpc) is 2.88. The minimum atomic E-state index is -0.551. The summed E-state index contributed by atoms with van der Waals surface area (Å²) in [7, 11) is 0. The van der Waals surface area contributed by atoms with E-state index in [1.54, 1.807) is 6.92 Å². The third kappa shape index (κ3) is 2.20.